The van der Waals surface area contributed by atoms with Gasteiger partial charge in [-0.3, -0.25) is 9.59 Å². The first kappa shape index (κ1) is 16.8. The van der Waals surface area contributed by atoms with Crippen LogP contribution in [0.5, 0.6) is 0 Å². The quantitative estimate of drug-likeness (QED) is 0.378. The zero-order valence-electron chi connectivity index (χ0n) is 11.0. The average Bonchev–Trinajstić information content (AvgIpc) is 2.32. The van der Waals surface area contributed by atoms with Gasteiger partial charge in [0.15, 0.2) is 0 Å². The summed E-state index contributed by atoms with van der Waals surface area (Å²) in [5.41, 5.74) is -2.08. The third kappa shape index (κ3) is 4.99. The van der Waals surface area contributed by atoms with Gasteiger partial charge < -0.3 is 26.0 Å². The van der Waals surface area contributed by atoms with E-state index in [4.69, 9.17) is 15.3 Å². The van der Waals surface area contributed by atoms with Gasteiger partial charge in [-0.2, -0.15) is 0 Å². The zero-order chi connectivity index (χ0) is 14.4. The lowest BCUT2D eigenvalue weighted by Crippen LogP contribution is -2.59. The standard InChI is InChI=1S/C11H22N2O5/c1-10(2,3)9(18)12-4-8(17)13-11(5-14,6-15)7-16/h14-16H,4-7H2,1-3H3,(H,12,18)(H,13,17). The molecular weight excluding hydrogens is 240 g/mol. The maximum atomic E-state index is 11.5. The number of hydrogen-bond donors (Lipinski definition) is 5. The van der Waals surface area contributed by atoms with Crippen molar-refractivity contribution in [1.82, 2.24) is 10.6 Å². The second-order valence-electron chi connectivity index (χ2n) is 5.24. The summed E-state index contributed by atoms with van der Waals surface area (Å²) in [5.74, 6) is -0.884. The third-order valence-electron chi connectivity index (χ3n) is 2.40. The highest BCUT2D eigenvalue weighted by molar-refractivity contribution is 5.87. The van der Waals surface area contributed by atoms with Gasteiger partial charge in [-0.15, -0.1) is 0 Å². The first-order chi connectivity index (χ1) is 8.20. The molecule has 0 aliphatic carbocycles. The van der Waals surface area contributed by atoms with Crippen molar-refractivity contribution in [3.8, 4) is 0 Å². The van der Waals surface area contributed by atoms with Gasteiger partial charge in [0.05, 0.1) is 26.4 Å². The van der Waals surface area contributed by atoms with Gasteiger partial charge in [0.1, 0.15) is 5.54 Å². The summed E-state index contributed by atoms with van der Waals surface area (Å²) < 4.78 is 0. The molecule has 0 heterocycles. The van der Waals surface area contributed by atoms with E-state index in [-0.39, 0.29) is 12.5 Å². The Balaban J connectivity index is 4.32. The molecule has 0 unspecified atom stereocenters. The Kier molecular flexibility index (Phi) is 6.23. The monoisotopic (exact) mass is 262 g/mol. The van der Waals surface area contributed by atoms with Crippen molar-refractivity contribution >= 4 is 11.8 Å². The van der Waals surface area contributed by atoms with Crippen LogP contribution in [0.2, 0.25) is 0 Å². The molecule has 0 fully saturated rings. The number of aliphatic hydroxyl groups is 3. The van der Waals surface area contributed by atoms with Gasteiger partial charge in [-0.1, -0.05) is 20.8 Å². The van der Waals surface area contributed by atoms with Crippen LogP contribution < -0.4 is 10.6 Å². The largest absolute Gasteiger partial charge is 0.394 e. The van der Waals surface area contributed by atoms with E-state index in [0.29, 0.717) is 0 Å². The Hall–Kier alpha value is -1.18. The molecule has 0 bridgehead atoms. The van der Waals surface area contributed by atoms with E-state index in [9.17, 15) is 9.59 Å². The molecule has 7 nitrogen and oxygen atoms in total. The normalized spacial score (nSPS) is 12.1. The maximum absolute atomic E-state index is 11.5. The van der Waals surface area contributed by atoms with Crippen molar-refractivity contribution in [3.05, 3.63) is 0 Å². The van der Waals surface area contributed by atoms with E-state index < -0.39 is 36.7 Å². The van der Waals surface area contributed by atoms with Crippen molar-refractivity contribution in [1.29, 1.82) is 0 Å². The van der Waals surface area contributed by atoms with Crippen LogP contribution in [-0.2, 0) is 9.59 Å². The number of aliphatic hydroxyl groups excluding tert-OH is 3. The average molecular weight is 262 g/mol. The van der Waals surface area contributed by atoms with Crippen LogP contribution >= 0.6 is 0 Å². The van der Waals surface area contributed by atoms with Gasteiger partial charge in [-0.25, -0.2) is 0 Å². The summed E-state index contributed by atoms with van der Waals surface area (Å²) >= 11 is 0. The fourth-order valence-corrected chi connectivity index (χ4v) is 1.03. The van der Waals surface area contributed by atoms with Gasteiger partial charge in [0, 0.05) is 5.41 Å². The molecule has 2 amide bonds. The fraction of sp³-hybridized carbons (Fsp3) is 0.818. The first-order valence-corrected chi connectivity index (χ1v) is 5.62. The van der Waals surface area contributed by atoms with Crippen molar-refractivity contribution in [2.45, 2.75) is 26.3 Å². The Morgan fingerprint density at radius 1 is 1.00 bits per heavy atom. The zero-order valence-corrected chi connectivity index (χ0v) is 11.0. The molecular formula is C11H22N2O5. The number of carbonyl (C=O) groups excluding carboxylic acids is 2. The fourth-order valence-electron chi connectivity index (χ4n) is 1.03. The van der Waals surface area contributed by atoms with Crippen LogP contribution in [-0.4, -0.2) is 59.0 Å². The summed E-state index contributed by atoms with van der Waals surface area (Å²) in [7, 11) is 0. The Morgan fingerprint density at radius 2 is 1.44 bits per heavy atom. The van der Waals surface area contributed by atoms with Crippen molar-refractivity contribution in [3.63, 3.8) is 0 Å². The van der Waals surface area contributed by atoms with Gasteiger partial charge in [0.25, 0.3) is 0 Å². The van der Waals surface area contributed by atoms with Crippen LogP contribution in [0.4, 0.5) is 0 Å². The highest BCUT2D eigenvalue weighted by Crippen LogP contribution is 2.11. The van der Waals surface area contributed by atoms with E-state index in [2.05, 4.69) is 10.6 Å². The van der Waals surface area contributed by atoms with Crippen LogP contribution in [0.3, 0.4) is 0 Å². The molecule has 0 aromatic rings. The summed E-state index contributed by atoms with van der Waals surface area (Å²) in [6.45, 7) is 3.05. The van der Waals surface area contributed by atoms with Gasteiger partial charge >= 0.3 is 0 Å². The van der Waals surface area contributed by atoms with Gasteiger partial charge in [0.2, 0.25) is 11.8 Å². The minimum absolute atomic E-state index is 0.280. The molecule has 0 saturated heterocycles. The second kappa shape index (κ2) is 6.67. The molecule has 0 atom stereocenters. The molecule has 0 aliphatic rings. The van der Waals surface area contributed by atoms with E-state index in [0.717, 1.165) is 0 Å². The number of hydrogen-bond acceptors (Lipinski definition) is 5. The SMILES string of the molecule is CC(C)(C)C(=O)NCC(=O)NC(CO)(CO)CO. The van der Waals surface area contributed by atoms with Crippen LogP contribution in [0.25, 0.3) is 0 Å². The topological polar surface area (TPSA) is 119 Å². The number of nitrogens with one attached hydrogen (secondary N) is 2. The van der Waals surface area contributed by atoms with E-state index >= 15 is 0 Å². The number of amides is 2. The van der Waals surface area contributed by atoms with Crippen LogP contribution in [0.15, 0.2) is 0 Å². The minimum atomic E-state index is -1.47. The molecule has 0 aliphatic heterocycles. The van der Waals surface area contributed by atoms with Crippen LogP contribution in [0.1, 0.15) is 20.8 Å². The second-order valence-corrected chi connectivity index (χ2v) is 5.24. The highest BCUT2D eigenvalue weighted by Gasteiger charge is 2.30. The Labute approximate surface area is 106 Å². The molecule has 0 saturated carbocycles. The van der Waals surface area contributed by atoms with Crippen molar-refractivity contribution < 1.29 is 24.9 Å². The third-order valence-corrected chi connectivity index (χ3v) is 2.40. The predicted molar refractivity (Wildman–Crippen MR) is 64.6 cm³/mol. The van der Waals surface area contributed by atoms with E-state index in [1.807, 2.05) is 0 Å². The lowest BCUT2D eigenvalue weighted by molar-refractivity contribution is -0.132. The summed E-state index contributed by atoms with van der Waals surface area (Å²) in [6.07, 6.45) is 0. The van der Waals surface area contributed by atoms with Crippen molar-refractivity contribution in [2.24, 2.45) is 5.41 Å². The molecule has 5 N–H and O–H groups in total. The molecule has 0 aromatic heterocycles. The van der Waals surface area contributed by atoms with Gasteiger partial charge in [-0.05, 0) is 0 Å². The van der Waals surface area contributed by atoms with Crippen molar-refractivity contribution in [2.75, 3.05) is 26.4 Å². The molecule has 0 spiro atoms. The Bertz CT molecular complexity index is 286. The molecule has 0 rings (SSSR count). The summed E-state index contributed by atoms with van der Waals surface area (Å²) in [5, 5.41) is 31.7. The Morgan fingerprint density at radius 3 is 1.78 bits per heavy atom. The smallest absolute Gasteiger partial charge is 0.240 e. The highest BCUT2D eigenvalue weighted by atomic mass is 16.3. The maximum Gasteiger partial charge on any atom is 0.240 e. The molecule has 0 aromatic carbocycles. The number of rotatable bonds is 6. The first-order valence-electron chi connectivity index (χ1n) is 5.62. The summed E-state index contributed by atoms with van der Waals surface area (Å²) in [4.78, 5) is 23.0. The van der Waals surface area contributed by atoms with E-state index in [1.54, 1.807) is 20.8 Å². The molecule has 106 valence electrons. The minimum Gasteiger partial charge on any atom is -0.394 e. The lowest BCUT2D eigenvalue weighted by Gasteiger charge is -2.29. The van der Waals surface area contributed by atoms with Crippen LogP contribution in [0, 0.1) is 5.41 Å². The molecule has 0 radical (unpaired) electrons. The number of carbonyl (C=O) groups is 2. The summed E-state index contributed by atoms with van der Waals surface area (Å²) in [6, 6.07) is 0. The lowest BCUT2D eigenvalue weighted by atomic mass is 9.96. The van der Waals surface area contributed by atoms with E-state index in [1.165, 1.54) is 0 Å². The predicted octanol–water partition coefficient (Wildman–Crippen LogP) is -2.02. The molecule has 7 heteroatoms. The molecule has 18 heavy (non-hydrogen) atoms.